The van der Waals surface area contributed by atoms with Gasteiger partial charge < -0.3 is 0 Å². The van der Waals surface area contributed by atoms with E-state index in [0.29, 0.717) is 11.5 Å². The molecule has 6 heteroatoms. The van der Waals surface area contributed by atoms with Crippen molar-refractivity contribution in [3.63, 3.8) is 0 Å². The molecule has 1 aromatic carbocycles. The Morgan fingerprint density at radius 3 is 2.63 bits per heavy atom. The van der Waals surface area contributed by atoms with E-state index in [9.17, 15) is 4.79 Å². The highest BCUT2D eigenvalue weighted by atomic mass is 16.1. The molecule has 0 radical (unpaired) electrons. The number of aryl methyl sites for hydroxylation is 2. The van der Waals surface area contributed by atoms with Crippen LogP contribution in [0.5, 0.6) is 0 Å². The van der Waals surface area contributed by atoms with Crippen LogP contribution in [0.25, 0.3) is 0 Å². The van der Waals surface area contributed by atoms with Gasteiger partial charge in [0, 0.05) is 0 Å². The van der Waals surface area contributed by atoms with E-state index in [4.69, 9.17) is 0 Å². The zero-order valence-electron chi connectivity index (χ0n) is 11.1. The molecule has 98 valence electrons. The second-order valence-corrected chi connectivity index (χ2v) is 4.25. The minimum absolute atomic E-state index is 0.357. The highest BCUT2D eigenvalue weighted by molar-refractivity contribution is 5.99. The Balaban J connectivity index is 2.20. The van der Waals surface area contributed by atoms with E-state index < -0.39 is 5.69 Å². The lowest BCUT2D eigenvalue weighted by molar-refractivity contribution is 0.879. The number of anilines is 1. The molecule has 19 heavy (non-hydrogen) atoms. The number of hydrazone groups is 1. The number of hydrogen-bond donors (Lipinski definition) is 2. The monoisotopic (exact) mass is 257 g/mol. The van der Waals surface area contributed by atoms with Crippen molar-refractivity contribution in [2.24, 2.45) is 5.10 Å². The standard InChI is InChI=1S/C13H15N5O/c1-8-4-6-11(7-5-8)9(2)15-17-12-10(3)16-18-13(19)14-12/h4-7H,1-3H3,(H2,14,17,18,19)/b15-9+. The quantitative estimate of drug-likeness (QED) is 0.646. The summed E-state index contributed by atoms with van der Waals surface area (Å²) in [6, 6.07) is 8.03. The molecule has 2 N–H and O–H groups in total. The lowest BCUT2D eigenvalue weighted by Crippen LogP contribution is -2.16. The van der Waals surface area contributed by atoms with Crippen molar-refractivity contribution < 1.29 is 0 Å². The molecule has 6 nitrogen and oxygen atoms in total. The summed E-state index contributed by atoms with van der Waals surface area (Å²) in [5, 5.41) is 10.3. The van der Waals surface area contributed by atoms with Crippen LogP contribution < -0.4 is 11.1 Å². The molecule has 0 spiro atoms. The van der Waals surface area contributed by atoms with Crippen LogP contribution in [0, 0.1) is 13.8 Å². The fraction of sp³-hybridized carbons (Fsp3) is 0.231. The van der Waals surface area contributed by atoms with E-state index in [1.807, 2.05) is 38.1 Å². The van der Waals surface area contributed by atoms with Gasteiger partial charge in [-0.3, -0.25) is 5.43 Å². The van der Waals surface area contributed by atoms with Crippen LogP contribution in [0.1, 0.15) is 23.7 Å². The van der Waals surface area contributed by atoms with Gasteiger partial charge in [-0.15, -0.1) is 0 Å². The van der Waals surface area contributed by atoms with E-state index in [0.717, 1.165) is 11.3 Å². The second-order valence-electron chi connectivity index (χ2n) is 4.25. The fourth-order valence-electron chi connectivity index (χ4n) is 1.49. The Labute approximate surface area is 110 Å². The summed E-state index contributed by atoms with van der Waals surface area (Å²) >= 11 is 0. The molecule has 0 aliphatic rings. The minimum Gasteiger partial charge on any atom is -0.259 e. The van der Waals surface area contributed by atoms with Gasteiger partial charge >= 0.3 is 5.69 Å². The average molecular weight is 257 g/mol. The third-order valence-electron chi connectivity index (χ3n) is 2.67. The average Bonchev–Trinajstić information content (AvgIpc) is 2.40. The van der Waals surface area contributed by atoms with Crippen LogP contribution in [0.15, 0.2) is 34.2 Å². The van der Waals surface area contributed by atoms with E-state index in [2.05, 4.69) is 25.7 Å². The highest BCUT2D eigenvalue weighted by Gasteiger charge is 2.02. The molecule has 0 aliphatic carbocycles. The molecule has 0 bridgehead atoms. The van der Waals surface area contributed by atoms with Crippen LogP contribution in [0.2, 0.25) is 0 Å². The van der Waals surface area contributed by atoms with Gasteiger partial charge in [0.05, 0.1) is 5.71 Å². The summed E-state index contributed by atoms with van der Waals surface area (Å²) in [5.41, 5.74) is 5.85. The second kappa shape index (κ2) is 5.43. The first kappa shape index (κ1) is 12.9. The lowest BCUT2D eigenvalue weighted by Gasteiger charge is -2.04. The van der Waals surface area contributed by atoms with Gasteiger partial charge in [0.25, 0.3) is 0 Å². The molecular weight excluding hydrogens is 242 g/mol. The SMILES string of the molecule is C/C(=N\Nc1nc(=O)[nH]nc1C)c1ccc(C)cc1. The number of H-pyrrole nitrogens is 1. The number of aromatic amines is 1. The maximum atomic E-state index is 11.1. The first-order chi connectivity index (χ1) is 9.06. The highest BCUT2D eigenvalue weighted by Crippen LogP contribution is 2.07. The predicted octanol–water partition coefficient (Wildman–Crippen LogP) is 1.62. The zero-order chi connectivity index (χ0) is 13.8. The van der Waals surface area contributed by atoms with Crippen LogP contribution in [-0.2, 0) is 0 Å². The van der Waals surface area contributed by atoms with Crippen LogP contribution in [0.4, 0.5) is 5.82 Å². The van der Waals surface area contributed by atoms with Crippen molar-refractivity contribution in [2.75, 3.05) is 5.43 Å². The largest absolute Gasteiger partial charge is 0.363 e. The number of nitrogens with one attached hydrogen (secondary N) is 2. The number of hydrogen-bond acceptors (Lipinski definition) is 5. The van der Waals surface area contributed by atoms with E-state index >= 15 is 0 Å². The van der Waals surface area contributed by atoms with Gasteiger partial charge in [-0.2, -0.15) is 15.2 Å². The third-order valence-corrected chi connectivity index (χ3v) is 2.67. The molecule has 2 rings (SSSR count). The van der Waals surface area contributed by atoms with Gasteiger partial charge in [-0.25, -0.2) is 9.89 Å². The maximum Gasteiger partial charge on any atom is 0.363 e. The molecule has 0 saturated heterocycles. The zero-order valence-corrected chi connectivity index (χ0v) is 11.1. The van der Waals surface area contributed by atoms with Crippen molar-refractivity contribution in [2.45, 2.75) is 20.8 Å². The topological polar surface area (TPSA) is 83.0 Å². The van der Waals surface area contributed by atoms with Crippen molar-refractivity contribution in [1.29, 1.82) is 0 Å². The number of aromatic nitrogens is 3. The molecule has 0 aliphatic heterocycles. The smallest absolute Gasteiger partial charge is 0.259 e. The summed E-state index contributed by atoms with van der Waals surface area (Å²) in [6.07, 6.45) is 0. The minimum atomic E-state index is -0.503. The van der Waals surface area contributed by atoms with Crippen LogP contribution in [-0.4, -0.2) is 20.9 Å². The van der Waals surface area contributed by atoms with E-state index in [-0.39, 0.29) is 0 Å². The van der Waals surface area contributed by atoms with Gasteiger partial charge in [0.2, 0.25) is 0 Å². The summed E-state index contributed by atoms with van der Waals surface area (Å²) in [7, 11) is 0. The first-order valence-corrected chi connectivity index (χ1v) is 5.87. The van der Waals surface area contributed by atoms with Crippen molar-refractivity contribution >= 4 is 11.5 Å². The molecule has 1 aromatic heterocycles. The van der Waals surface area contributed by atoms with Gasteiger partial charge in [-0.05, 0) is 26.3 Å². The van der Waals surface area contributed by atoms with Gasteiger partial charge in [-0.1, -0.05) is 29.8 Å². The van der Waals surface area contributed by atoms with Crippen molar-refractivity contribution in [1.82, 2.24) is 15.2 Å². The van der Waals surface area contributed by atoms with E-state index in [1.54, 1.807) is 6.92 Å². The third kappa shape index (κ3) is 3.25. The first-order valence-electron chi connectivity index (χ1n) is 5.87. The Bertz CT molecular complexity index is 657. The van der Waals surface area contributed by atoms with Gasteiger partial charge in [0.15, 0.2) is 5.82 Å². The lowest BCUT2D eigenvalue weighted by atomic mass is 10.1. The van der Waals surface area contributed by atoms with Crippen LogP contribution >= 0.6 is 0 Å². The molecule has 0 fully saturated rings. The summed E-state index contributed by atoms with van der Waals surface area (Å²) in [6.45, 7) is 5.65. The molecule has 1 heterocycles. The summed E-state index contributed by atoms with van der Waals surface area (Å²) in [4.78, 5) is 14.8. The molecule has 0 amide bonds. The summed E-state index contributed by atoms with van der Waals surface area (Å²) in [5.74, 6) is 0.357. The number of nitrogens with zero attached hydrogens (tertiary/aromatic N) is 3. The molecule has 2 aromatic rings. The van der Waals surface area contributed by atoms with Crippen molar-refractivity contribution in [3.05, 3.63) is 51.6 Å². The Hall–Kier alpha value is -2.50. The molecule has 0 unspecified atom stereocenters. The summed E-state index contributed by atoms with van der Waals surface area (Å²) < 4.78 is 0. The normalized spacial score (nSPS) is 11.4. The van der Waals surface area contributed by atoms with Crippen LogP contribution in [0.3, 0.4) is 0 Å². The van der Waals surface area contributed by atoms with Crippen molar-refractivity contribution in [3.8, 4) is 0 Å². The fourth-order valence-corrected chi connectivity index (χ4v) is 1.49. The maximum absolute atomic E-state index is 11.1. The molecule has 0 atom stereocenters. The van der Waals surface area contributed by atoms with Gasteiger partial charge in [0.1, 0.15) is 5.69 Å². The number of rotatable bonds is 3. The Morgan fingerprint density at radius 2 is 1.95 bits per heavy atom. The Kier molecular flexibility index (Phi) is 3.70. The molecular formula is C13H15N5O. The van der Waals surface area contributed by atoms with E-state index in [1.165, 1.54) is 5.56 Å². The predicted molar refractivity (Wildman–Crippen MR) is 74.4 cm³/mol. The Morgan fingerprint density at radius 1 is 1.26 bits per heavy atom. The molecule has 0 saturated carbocycles. The number of benzene rings is 1.